The normalized spacial score (nSPS) is 14.2. The number of nitrogens with zero attached hydrogens (tertiary/aromatic N) is 1. The van der Waals surface area contributed by atoms with E-state index >= 15 is 0 Å². The molecule has 0 saturated heterocycles. The molecule has 2 aromatic rings. The summed E-state index contributed by atoms with van der Waals surface area (Å²) < 4.78 is 0. The predicted octanol–water partition coefficient (Wildman–Crippen LogP) is 2.06. The molecule has 1 aromatic carbocycles. The van der Waals surface area contributed by atoms with E-state index in [0.717, 1.165) is 12.0 Å². The van der Waals surface area contributed by atoms with Crippen molar-refractivity contribution in [2.75, 3.05) is 7.05 Å². The number of pyridine rings is 1. The number of benzene rings is 1. The van der Waals surface area contributed by atoms with Crippen LogP contribution in [0.1, 0.15) is 23.7 Å². The van der Waals surface area contributed by atoms with Crippen LogP contribution in [0.15, 0.2) is 48.7 Å². The van der Waals surface area contributed by atoms with Crippen LogP contribution in [-0.2, 0) is 12.1 Å². The Balaban J connectivity index is 2.49. The van der Waals surface area contributed by atoms with Gasteiger partial charge in [-0.05, 0) is 31.2 Å². The Morgan fingerprint density at radius 1 is 1.22 bits per heavy atom. The van der Waals surface area contributed by atoms with Gasteiger partial charge in [0.05, 0.1) is 5.69 Å². The average molecular weight is 242 g/mol. The minimum atomic E-state index is -1.24. The van der Waals surface area contributed by atoms with Crippen molar-refractivity contribution >= 4 is 0 Å². The first-order valence-corrected chi connectivity index (χ1v) is 6.13. The van der Waals surface area contributed by atoms with Gasteiger partial charge in [0.2, 0.25) is 0 Å². The van der Waals surface area contributed by atoms with Gasteiger partial charge < -0.3 is 5.11 Å². The molecule has 3 heteroatoms. The van der Waals surface area contributed by atoms with E-state index in [9.17, 15) is 5.11 Å². The van der Waals surface area contributed by atoms with Gasteiger partial charge in [0.25, 0.3) is 0 Å². The van der Waals surface area contributed by atoms with Crippen LogP contribution in [0.25, 0.3) is 0 Å². The standard InChI is InChI=1S/C15H18N2O/c1-3-12-7-6-8-13(11-12)15(18,16-2)14-9-4-5-10-17-14/h4-11,16,18H,3H2,1-2H3. The first kappa shape index (κ1) is 12.7. The van der Waals surface area contributed by atoms with Crippen LogP contribution >= 0.6 is 0 Å². The highest BCUT2D eigenvalue weighted by atomic mass is 16.3. The maximum absolute atomic E-state index is 10.8. The Kier molecular flexibility index (Phi) is 3.75. The lowest BCUT2D eigenvalue weighted by atomic mass is 9.96. The molecular formula is C15H18N2O. The predicted molar refractivity (Wildman–Crippen MR) is 72.1 cm³/mol. The molecule has 0 spiro atoms. The van der Waals surface area contributed by atoms with E-state index in [0.29, 0.717) is 5.69 Å². The summed E-state index contributed by atoms with van der Waals surface area (Å²) in [7, 11) is 1.73. The molecule has 3 nitrogen and oxygen atoms in total. The van der Waals surface area contributed by atoms with E-state index in [1.165, 1.54) is 5.56 Å². The van der Waals surface area contributed by atoms with Crippen molar-refractivity contribution in [3.05, 3.63) is 65.5 Å². The molecule has 0 saturated carbocycles. The number of aromatic nitrogens is 1. The highest BCUT2D eigenvalue weighted by molar-refractivity contribution is 5.34. The molecule has 0 aliphatic rings. The molecule has 0 fully saturated rings. The van der Waals surface area contributed by atoms with Crippen LogP contribution in [0.3, 0.4) is 0 Å². The number of hydrogen-bond donors (Lipinski definition) is 2. The van der Waals surface area contributed by atoms with Gasteiger partial charge in [-0.3, -0.25) is 10.3 Å². The van der Waals surface area contributed by atoms with Gasteiger partial charge in [0.1, 0.15) is 0 Å². The zero-order valence-electron chi connectivity index (χ0n) is 10.7. The summed E-state index contributed by atoms with van der Waals surface area (Å²) in [5.74, 6) is 0. The van der Waals surface area contributed by atoms with Gasteiger partial charge in [-0.2, -0.15) is 0 Å². The SMILES string of the molecule is CCc1cccc(C(O)(NC)c2ccccn2)c1. The Hall–Kier alpha value is -1.71. The molecule has 0 aliphatic carbocycles. The van der Waals surface area contributed by atoms with Crippen molar-refractivity contribution in [1.82, 2.24) is 10.3 Å². The molecule has 0 bridgehead atoms. The van der Waals surface area contributed by atoms with E-state index in [1.807, 2.05) is 36.4 Å². The van der Waals surface area contributed by atoms with Crippen LogP contribution in [-0.4, -0.2) is 17.1 Å². The van der Waals surface area contributed by atoms with E-state index in [-0.39, 0.29) is 0 Å². The quantitative estimate of drug-likeness (QED) is 0.807. The lowest BCUT2D eigenvalue weighted by Gasteiger charge is -2.27. The molecule has 0 amide bonds. The first-order chi connectivity index (χ1) is 8.70. The molecule has 0 aliphatic heterocycles. The Bertz CT molecular complexity index is 513. The number of hydrogen-bond acceptors (Lipinski definition) is 3. The zero-order valence-corrected chi connectivity index (χ0v) is 10.7. The van der Waals surface area contributed by atoms with Crippen molar-refractivity contribution in [3.8, 4) is 0 Å². The second kappa shape index (κ2) is 5.29. The summed E-state index contributed by atoms with van der Waals surface area (Å²) in [4.78, 5) is 4.24. The molecule has 1 unspecified atom stereocenters. The van der Waals surface area contributed by atoms with E-state index < -0.39 is 5.72 Å². The molecule has 1 atom stereocenters. The van der Waals surface area contributed by atoms with Gasteiger partial charge >= 0.3 is 0 Å². The summed E-state index contributed by atoms with van der Waals surface area (Å²) in [5, 5.41) is 13.8. The number of rotatable bonds is 4. The van der Waals surface area contributed by atoms with Crippen LogP contribution in [0.5, 0.6) is 0 Å². The summed E-state index contributed by atoms with van der Waals surface area (Å²) in [6.45, 7) is 2.10. The Morgan fingerprint density at radius 3 is 2.67 bits per heavy atom. The monoisotopic (exact) mass is 242 g/mol. The second-order valence-electron chi connectivity index (χ2n) is 4.23. The van der Waals surface area contributed by atoms with Crippen molar-refractivity contribution < 1.29 is 5.11 Å². The van der Waals surface area contributed by atoms with E-state index in [4.69, 9.17) is 0 Å². The van der Waals surface area contributed by atoms with Gasteiger partial charge in [-0.1, -0.05) is 37.3 Å². The third-order valence-electron chi connectivity index (χ3n) is 3.15. The van der Waals surface area contributed by atoms with Crippen molar-refractivity contribution in [2.24, 2.45) is 0 Å². The smallest absolute Gasteiger partial charge is 0.185 e. The summed E-state index contributed by atoms with van der Waals surface area (Å²) in [5.41, 5.74) is 1.35. The van der Waals surface area contributed by atoms with E-state index in [1.54, 1.807) is 13.2 Å². The minimum Gasteiger partial charge on any atom is -0.366 e. The van der Waals surface area contributed by atoms with Gasteiger partial charge in [0.15, 0.2) is 5.72 Å². The van der Waals surface area contributed by atoms with Crippen LogP contribution < -0.4 is 5.32 Å². The Labute approximate surface area is 108 Å². The lowest BCUT2D eigenvalue weighted by Crippen LogP contribution is -2.41. The third kappa shape index (κ3) is 2.28. The van der Waals surface area contributed by atoms with Gasteiger partial charge in [-0.25, -0.2) is 0 Å². The number of aryl methyl sites for hydroxylation is 1. The third-order valence-corrected chi connectivity index (χ3v) is 3.15. The van der Waals surface area contributed by atoms with Crippen LogP contribution in [0.2, 0.25) is 0 Å². The topological polar surface area (TPSA) is 45.1 Å². The lowest BCUT2D eigenvalue weighted by molar-refractivity contribution is 0.0471. The fraction of sp³-hybridized carbons (Fsp3) is 0.267. The molecule has 18 heavy (non-hydrogen) atoms. The largest absolute Gasteiger partial charge is 0.366 e. The van der Waals surface area contributed by atoms with Gasteiger partial charge in [-0.15, -0.1) is 0 Å². The zero-order chi connectivity index (χ0) is 13.0. The van der Waals surface area contributed by atoms with Crippen molar-refractivity contribution in [3.63, 3.8) is 0 Å². The highest BCUT2D eigenvalue weighted by Gasteiger charge is 2.30. The number of aliphatic hydroxyl groups is 1. The van der Waals surface area contributed by atoms with Crippen LogP contribution in [0, 0.1) is 0 Å². The Morgan fingerprint density at radius 2 is 2.06 bits per heavy atom. The molecule has 94 valence electrons. The fourth-order valence-corrected chi connectivity index (χ4v) is 2.01. The van der Waals surface area contributed by atoms with Crippen molar-refractivity contribution in [2.45, 2.75) is 19.1 Å². The summed E-state index contributed by atoms with van der Waals surface area (Å²) in [6.07, 6.45) is 2.62. The maximum atomic E-state index is 10.8. The molecule has 1 aromatic heterocycles. The molecule has 0 radical (unpaired) electrons. The van der Waals surface area contributed by atoms with Crippen molar-refractivity contribution in [1.29, 1.82) is 0 Å². The maximum Gasteiger partial charge on any atom is 0.185 e. The second-order valence-corrected chi connectivity index (χ2v) is 4.23. The molecular weight excluding hydrogens is 224 g/mol. The summed E-state index contributed by atoms with van der Waals surface area (Å²) in [6, 6.07) is 13.4. The fourth-order valence-electron chi connectivity index (χ4n) is 2.01. The molecule has 2 rings (SSSR count). The summed E-state index contributed by atoms with van der Waals surface area (Å²) >= 11 is 0. The average Bonchev–Trinajstić information content (AvgIpc) is 2.47. The molecule has 1 heterocycles. The van der Waals surface area contributed by atoms with E-state index in [2.05, 4.69) is 23.3 Å². The molecule has 2 N–H and O–H groups in total. The van der Waals surface area contributed by atoms with Gasteiger partial charge in [0, 0.05) is 11.8 Å². The first-order valence-electron chi connectivity index (χ1n) is 6.13. The number of nitrogens with one attached hydrogen (secondary N) is 1. The highest BCUT2D eigenvalue weighted by Crippen LogP contribution is 2.25. The van der Waals surface area contributed by atoms with Crippen LogP contribution in [0.4, 0.5) is 0 Å². The minimum absolute atomic E-state index is 0.598.